The Balaban J connectivity index is 1.64. The fourth-order valence-electron chi connectivity index (χ4n) is 5.10. The number of piperidine rings is 1. The number of halogens is 1. The van der Waals surface area contributed by atoms with Gasteiger partial charge in [0, 0.05) is 34.5 Å². The van der Waals surface area contributed by atoms with E-state index in [4.69, 9.17) is 17.3 Å². The predicted molar refractivity (Wildman–Crippen MR) is 101 cm³/mol. The standard InChI is InChI=1S/C20H20ClN3O2/c1-23-10-5-6-11(23)8-12(7-10)24-19(25)14-4-2-3-13-17(14)15(20(24)26)9-16(21)18(13)22/h2-4,9-12H,5-8,22H2,1H3/t10-,11+,12?. The van der Waals surface area contributed by atoms with Crippen molar-refractivity contribution in [2.75, 3.05) is 12.8 Å². The van der Waals surface area contributed by atoms with Gasteiger partial charge >= 0.3 is 0 Å². The van der Waals surface area contributed by atoms with Crippen LogP contribution in [-0.4, -0.2) is 46.8 Å². The van der Waals surface area contributed by atoms with Gasteiger partial charge in [0.2, 0.25) is 0 Å². The molecule has 0 saturated carbocycles. The summed E-state index contributed by atoms with van der Waals surface area (Å²) < 4.78 is 0. The molecule has 2 bridgehead atoms. The normalized spacial score (nSPS) is 28.2. The highest BCUT2D eigenvalue weighted by Gasteiger charge is 2.45. The largest absolute Gasteiger partial charge is 0.397 e. The van der Waals surface area contributed by atoms with Crippen molar-refractivity contribution in [1.82, 2.24) is 9.80 Å². The molecule has 2 aromatic carbocycles. The molecule has 1 unspecified atom stereocenters. The molecular formula is C20H20ClN3O2. The van der Waals surface area contributed by atoms with Gasteiger partial charge in [0.1, 0.15) is 0 Å². The van der Waals surface area contributed by atoms with Crippen LogP contribution in [0.2, 0.25) is 5.02 Å². The Hall–Kier alpha value is -2.11. The smallest absolute Gasteiger partial charge is 0.261 e. The summed E-state index contributed by atoms with van der Waals surface area (Å²) in [5.41, 5.74) is 7.54. The van der Waals surface area contributed by atoms with E-state index in [1.54, 1.807) is 18.2 Å². The zero-order valence-corrected chi connectivity index (χ0v) is 15.3. The van der Waals surface area contributed by atoms with E-state index < -0.39 is 0 Å². The van der Waals surface area contributed by atoms with Crippen molar-refractivity contribution in [2.24, 2.45) is 0 Å². The number of nitrogens with two attached hydrogens (primary N) is 1. The van der Waals surface area contributed by atoms with Crippen LogP contribution in [0.3, 0.4) is 0 Å². The first-order valence-electron chi connectivity index (χ1n) is 9.08. The number of hydrogen-bond acceptors (Lipinski definition) is 4. The number of carbonyl (C=O) groups excluding carboxylic acids is 2. The molecule has 5 nitrogen and oxygen atoms in total. The van der Waals surface area contributed by atoms with Gasteiger partial charge in [-0.05, 0) is 44.9 Å². The van der Waals surface area contributed by atoms with E-state index in [9.17, 15) is 9.59 Å². The van der Waals surface area contributed by atoms with Crippen LogP contribution >= 0.6 is 11.6 Å². The summed E-state index contributed by atoms with van der Waals surface area (Å²) in [6.45, 7) is 0. The second kappa shape index (κ2) is 5.44. The quantitative estimate of drug-likeness (QED) is 0.618. The molecule has 0 aromatic heterocycles. The highest BCUT2D eigenvalue weighted by molar-refractivity contribution is 6.37. The number of rotatable bonds is 1. The van der Waals surface area contributed by atoms with Gasteiger partial charge in [-0.2, -0.15) is 0 Å². The number of nitrogen functional groups attached to an aromatic ring is 1. The van der Waals surface area contributed by atoms with Crippen molar-refractivity contribution in [3.63, 3.8) is 0 Å². The third kappa shape index (κ3) is 2.01. The van der Waals surface area contributed by atoms with E-state index in [0.29, 0.717) is 44.7 Å². The molecule has 3 aliphatic rings. The maximum absolute atomic E-state index is 13.3. The molecule has 3 aliphatic heterocycles. The molecule has 2 amide bonds. The number of hydrogen-bond donors (Lipinski definition) is 1. The van der Waals surface area contributed by atoms with Crippen molar-refractivity contribution in [3.05, 3.63) is 40.4 Å². The van der Waals surface area contributed by atoms with Gasteiger partial charge in [0.25, 0.3) is 11.8 Å². The summed E-state index contributed by atoms with van der Waals surface area (Å²) in [7, 11) is 2.15. The van der Waals surface area contributed by atoms with Gasteiger partial charge in [0.15, 0.2) is 0 Å². The fourth-order valence-corrected chi connectivity index (χ4v) is 5.31. The summed E-state index contributed by atoms with van der Waals surface area (Å²) in [5.74, 6) is -0.446. The average Bonchev–Trinajstić information content (AvgIpc) is 2.83. The number of fused-ring (bicyclic) bond motifs is 2. The van der Waals surface area contributed by atoms with Crippen molar-refractivity contribution in [3.8, 4) is 0 Å². The first-order chi connectivity index (χ1) is 12.5. The average molecular weight is 370 g/mol. The van der Waals surface area contributed by atoms with E-state index in [1.165, 1.54) is 4.90 Å². The Labute approximate surface area is 156 Å². The van der Waals surface area contributed by atoms with Gasteiger partial charge in [-0.3, -0.25) is 14.5 Å². The summed E-state index contributed by atoms with van der Waals surface area (Å²) >= 11 is 6.27. The highest BCUT2D eigenvalue weighted by Crippen LogP contribution is 2.41. The molecule has 26 heavy (non-hydrogen) atoms. The number of amides is 2. The summed E-state index contributed by atoms with van der Waals surface area (Å²) in [5, 5.41) is 1.67. The molecule has 3 heterocycles. The minimum atomic E-state index is -0.241. The molecule has 2 fully saturated rings. The third-order valence-electron chi connectivity index (χ3n) is 6.49. The number of carbonyl (C=O) groups is 2. The van der Waals surface area contributed by atoms with Gasteiger partial charge in [-0.1, -0.05) is 23.7 Å². The minimum Gasteiger partial charge on any atom is -0.397 e. The van der Waals surface area contributed by atoms with Crippen LogP contribution in [0.15, 0.2) is 24.3 Å². The van der Waals surface area contributed by atoms with E-state index in [-0.39, 0.29) is 17.9 Å². The maximum Gasteiger partial charge on any atom is 0.261 e. The second-order valence-electron chi connectivity index (χ2n) is 7.70. The summed E-state index contributed by atoms with van der Waals surface area (Å²) in [6.07, 6.45) is 3.97. The molecule has 2 aromatic rings. The zero-order chi connectivity index (χ0) is 18.2. The Bertz CT molecular complexity index is 959. The van der Waals surface area contributed by atoms with Gasteiger partial charge in [-0.25, -0.2) is 0 Å². The molecule has 0 aliphatic carbocycles. The van der Waals surface area contributed by atoms with Crippen LogP contribution in [0, 0.1) is 0 Å². The predicted octanol–water partition coefficient (Wildman–Crippen LogP) is 3.30. The molecule has 6 heteroatoms. The Morgan fingerprint density at radius 3 is 2.38 bits per heavy atom. The maximum atomic E-state index is 13.3. The van der Waals surface area contributed by atoms with Crippen LogP contribution in [0.25, 0.3) is 10.8 Å². The lowest BCUT2D eigenvalue weighted by atomic mass is 9.89. The van der Waals surface area contributed by atoms with Crippen molar-refractivity contribution >= 4 is 39.9 Å². The zero-order valence-electron chi connectivity index (χ0n) is 14.5. The second-order valence-corrected chi connectivity index (χ2v) is 8.11. The minimum absolute atomic E-state index is 0.0524. The van der Waals surface area contributed by atoms with Crippen LogP contribution in [-0.2, 0) is 0 Å². The Morgan fingerprint density at radius 2 is 1.69 bits per heavy atom. The van der Waals surface area contributed by atoms with E-state index >= 15 is 0 Å². The highest BCUT2D eigenvalue weighted by atomic mass is 35.5. The lowest BCUT2D eigenvalue weighted by Crippen LogP contribution is -2.54. The summed E-state index contributed by atoms with van der Waals surface area (Å²) in [4.78, 5) is 30.4. The molecule has 0 radical (unpaired) electrons. The molecule has 3 atom stereocenters. The number of benzene rings is 2. The lowest BCUT2D eigenvalue weighted by Gasteiger charge is -2.42. The van der Waals surface area contributed by atoms with Crippen LogP contribution in [0.5, 0.6) is 0 Å². The first-order valence-corrected chi connectivity index (χ1v) is 9.45. The monoisotopic (exact) mass is 369 g/mol. The van der Waals surface area contributed by atoms with Gasteiger partial charge in [-0.15, -0.1) is 0 Å². The molecule has 2 saturated heterocycles. The van der Waals surface area contributed by atoms with E-state index in [2.05, 4.69) is 11.9 Å². The van der Waals surface area contributed by atoms with Gasteiger partial charge < -0.3 is 10.6 Å². The molecule has 134 valence electrons. The third-order valence-corrected chi connectivity index (χ3v) is 6.80. The Kier molecular flexibility index (Phi) is 3.37. The first kappa shape index (κ1) is 16.1. The van der Waals surface area contributed by atoms with Crippen LogP contribution in [0.1, 0.15) is 46.4 Å². The summed E-state index contributed by atoms with van der Waals surface area (Å²) in [6, 6.07) is 7.87. The Morgan fingerprint density at radius 1 is 1.04 bits per heavy atom. The van der Waals surface area contributed by atoms with E-state index in [1.807, 2.05) is 6.07 Å². The molecule has 5 rings (SSSR count). The van der Waals surface area contributed by atoms with E-state index in [0.717, 1.165) is 25.7 Å². The molecule has 2 N–H and O–H groups in total. The number of nitrogens with zero attached hydrogens (tertiary/aromatic N) is 2. The SMILES string of the molecule is CN1[C@@H]2CC[C@H]1CC(N1C(=O)c3cccc4c(N)c(Cl)cc(c34)C1=O)C2. The molecular weight excluding hydrogens is 350 g/mol. The number of imide groups is 1. The fraction of sp³-hybridized carbons (Fsp3) is 0.400. The van der Waals surface area contributed by atoms with Crippen molar-refractivity contribution in [2.45, 2.75) is 43.8 Å². The van der Waals surface area contributed by atoms with Gasteiger partial charge in [0.05, 0.1) is 16.3 Å². The molecule has 0 spiro atoms. The van der Waals surface area contributed by atoms with Crippen LogP contribution < -0.4 is 5.73 Å². The topological polar surface area (TPSA) is 66.6 Å². The number of anilines is 1. The van der Waals surface area contributed by atoms with Crippen LogP contribution in [0.4, 0.5) is 5.69 Å². The van der Waals surface area contributed by atoms with Crippen molar-refractivity contribution in [1.29, 1.82) is 0 Å². The lowest BCUT2D eigenvalue weighted by molar-refractivity contribution is 0.0397. The van der Waals surface area contributed by atoms with Crippen molar-refractivity contribution < 1.29 is 9.59 Å².